The van der Waals surface area contributed by atoms with Gasteiger partial charge in [0.15, 0.2) is 4.34 Å². The number of hydrogen-bond donors (Lipinski definition) is 1. The van der Waals surface area contributed by atoms with Crippen LogP contribution in [0, 0.1) is 0 Å². The second-order valence-electron chi connectivity index (χ2n) is 6.42. The Morgan fingerprint density at radius 2 is 1.73 bits per heavy atom. The molecule has 0 spiro atoms. The number of methoxy groups -OCH3 is 1. The first kappa shape index (κ1) is 20.5. The Labute approximate surface area is 163 Å². The minimum absolute atomic E-state index is 0.125. The van der Waals surface area contributed by atoms with E-state index in [2.05, 4.69) is 15.5 Å². The fraction of sp³-hybridized carbons (Fsp3) is 0.500. The SMILES string of the molecule is COc1ccc(Nc2nnc(S[C@H](C)C(=O)N(C(C)C)C(C)C)s2)cc1. The van der Waals surface area contributed by atoms with Crippen LogP contribution in [0.25, 0.3) is 0 Å². The van der Waals surface area contributed by atoms with E-state index in [-0.39, 0.29) is 23.2 Å². The topological polar surface area (TPSA) is 67.3 Å². The van der Waals surface area contributed by atoms with Crippen LogP contribution in [0.2, 0.25) is 0 Å². The number of carbonyl (C=O) groups excluding carboxylic acids is 1. The van der Waals surface area contributed by atoms with Crippen molar-refractivity contribution in [3.05, 3.63) is 24.3 Å². The lowest BCUT2D eigenvalue weighted by atomic mass is 10.2. The highest BCUT2D eigenvalue weighted by atomic mass is 32.2. The molecule has 1 aromatic carbocycles. The molecule has 1 amide bonds. The van der Waals surface area contributed by atoms with Crippen molar-refractivity contribution in [1.82, 2.24) is 15.1 Å². The Morgan fingerprint density at radius 3 is 2.27 bits per heavy atom. The number of carbonyl (C=O) groups is 1. The number of aromatic nitrogens is 2. The van der Waals surface area contributed by atoms with Gasteiger partial charge in [-0.3, -0.25) is 4.79 Å². The summed E-state index contributed by atoms with van der Waals surface area (Å²) in [7, 11) is 1.64. The van der Waals surface area contributed by atoms with Crippen molar-refractivity contribution in [3.63, 3.8) is 0 Å². The number of rotatable bonds is 8. The molecule has 2 aromatic rings. The third kappa shape index (κ3) is 5.35. The minimum Gasteiger partial charge on any atom is -0.497 e. The van der Waals surface area contributed by atoms with Gasteiger partial charge in [0.05, 0.1) is 12.4 Å². The fourth-order valence-electron chi connectivity index (χ4n) is 2.62. The van der Waals surface area contributed by atoms with Gasteiger partial charge in [-0.2, -0.15) is 0 Å². The van der Waals surface area contributed by atoms with Crippen molar-refractivity contribution in [2.24, 2.45) is 0 Å². The van der Waals surface area contributed by atoms with Gasteiger partial charge in [0.2, 0.25) is 11.0 Å². The Morgan fingerprint density at radius 1 is 1.12 bits per heavy atom. The first-order valence-electron chi connectivity index (χ1n) is 8.55. The molecule has 0 saturated carbocycles. The lowest BCUT2D eigenvalue weighted by molar-refractivity contribution is -0.133. The molecule has 1 aromatic heterocycles. The highest BCUT2D eigenvalue weighted by Gasteiger charge is 2.26. The number of thioether (sulfide) groups is 1. The van der Waals surface area contributed by atoms with Gasteiger partial charge in [-0.1, -0.05) is 23.1 Å². The normalized spacial score (nSPS) is 12.3. The van der Waals surface area contributed by atoms with Crippen LogP contribution in [0.3, 0.4) is 0 Å². The predicted molar refractivity (Wildman–Crippen MR) is 109 cm³/mol. The average molecular weight is 395 g/mol. The van der Waals surface area contributed by atoms with Gasteiger partial charge in [-0.15, -0.1) is 10.2 Å². The second kappa shape index (κ2) is 9.23. The molecular formula is C18H26N4O2S2. The average Bonchev–Trinajstić information content (AvgIpc) is 3.01. The summed E-state index contributed by atoms with van der Waals surface area (Å²) < 4.78 is 5.92. The van der Waals surface area contributed by atoms with Gasteiger partial charge in [0.1, 0.15) is 5.75 Å². The maximum atomic E-state index is 12.7. The van der Waals surface area contributed by atoms with Crippen LogP contribution >= 0.6 is 23.1 Å². The maximum Gasteiger partial charge on any atom is 0.236 e. The summed E-state index contributed by atoms with van der Waals surface area (Å²) >= 11 is 2.89. The number of nitrogens with zero attached hydrogens (tertiary/aromatic N) is 3. The Hall–Kier alpha value is -1.80. The minimum atomic E-state index is -0.207. The Kier molecular flexibility index (Phi) is 7.28. The zero-order valence-electron chi connectivity index (χ0n) is 16.0. The summed E-state index contributed by atoms with van der Waals surface area (Å²) in [6.07, 6.45) is 0. The molecule has 0 bridgehead atoms. The predicted octanol–water partition coefficient (Wildman–Crippen LogP) is 4.42. The van der Waals surface area contributed by atoms with Gasteiger partial charge >= 0.3 is 0 Å². The van der Waals surface area contributed by atoms with Crippen LogP contribution in [0.5, 0.6) is 5.75 Å². The van der Waals surface area contributed by atoms with Gasteiger partial charge < -0.3 is 15.0 Å². The van der Waals surface area contributed by atoms with Crippen molar-refractivity contribution in [2.45, 2.75) is 56.3 Å². The number of benzene rings is 1. The standard InChI is InChI=1S/C18H26N4O2S2/c1-11(2)22(12(3)4)16(23)13(5)25-18-21-20-17(26-18)19-14-7-9-15(24-6)10-8-14/h7-13H,1-6H3,(H,19,20)/t13-/m1/s1. The fourth-order valence-corrected chi connectivity index (χ4v) is 4.60. The van der Waals surface area contributed by atoms with Gasteiger partial charge in [0.25, 0.3) is 0 Å². The smallest absolute Gasteiger partial charge is 0.236 e. The molecule has 0 unspecified atom stereocenters. The van der Waals surface area contributed by atoms with Crippen LogP contribution in [-0.2, 0) is 4.79 Å². The summed E-state index contributed by atoms with van der Waals surface area (Å²) in [5, 5.41) is 12.1. The summed E-state index contributed by atoms with van der Waals surface area (Å²) in [5.74, 6) is 0.927. The van der Waals surface area contributed by atoms with Crippen LogP contribution in [0.15, 0.2) is 28.6 Å². The van der Waals surface area contributed by atoms with Gasteiger partial charge in [0, 0.05) is 17.8 Å². The van der Waals surface area contributed by atoms with Crippen LogP contribution in [-0.4, -0.2) is 45.4 Å². The number of hydrogen-bond acceptors (Lipinski definition) is 7. The molecule has 26 heavy (non-hydrogen) atoms. The Bertz CT molecular complexity index is 708. The number of anilines is 2. The molecule has 142 valence electrons. The van der Waals surface area contributed by atoms with Crippen LogP contribution in [0.1, 0.15) is 34.6 Å². The highest BCUT2D eigenvalue weighted by Crippen LogP contribution is 2.31. The molecular weight excluding hydrogens is 368 g/mol. The van der Waals surface area contributed by atoms with E-state index in [1.54, 1.807) is 7.11 Å². The lowest BCUT2D eigenvalue weighted by Gasteiger charge is -2.32. The number of ether oxygens (including phenoxy) is 1. The summed E-state index contributed by atoms with van der Waals surface area (Å²) in [6.45, 7) is 10.1. The molecule has 1 N–H and O–H groups in total. The molecule has 8 heteroatoms. The number of amides is 1. The Balaban J connectivity index is 1.99. The van der Waals surface area contributed by atoms with Crippen molar-refractivity contribution in [3.8, 4) is 5.75 Å². The van der Waals surface area contributed by atoms with E-state index < -0.39 is 0 Å². The zero-order chi connectivity index (χ0) is 19.3. The van der Waals surface area contributed by atoms with Crippen molar-refractivity contribution >= 4 is 39.8 Å². The van der Waals surface area contributed by atoms with E-state index in [9.17, 15) is 4.79 Å². The van der Waals surface area contributed by atoms with E-state index in [1.165, 1.54) is 23.1 Å². The van der Waals surface area contributed by atoms with Crippen molar-refractivity contribution in [1.29, 1.82) is 0 Å². The van der Waals surface area contributed by atoms with E-state index in [0.717, 1.165) is 15.8 Å². The monoisotopic (exact) mass is 394 g/mol. The molecule has 6 nitrogen and oxygen atoms in total. The quantitative estimate of drug-likeness (QED) is 0.669. The molecule has 2 rings (SSSR count). The molecule has 0 fully saturated rings. The molecule has 0 radical (unpaired) electrons. The van der Waals surface area contributed by atoms with Crippen LogP contribution in [0.4, 0.5) is 10.8 Å². The van der Waals surface area contributed by atoms with Gasteiger partial charge in [-0.25, -0.2) is 0 Å². The van der Waals surface area contributed by atoms with E-state index in [1.807, 2.05) is 63.8 Å². The zero-order valence-corrected chi connectivity index (χ0v) is 17.6. The van der Waals surface area contributed by atoms with Crippen molar-refractivity contribution in [2.75, 3.05) is 12.4 Å². The summed E-state index contributed by atoms with van der Waals surface area (Å²) in [6, 6.07) is 7.95. The highest BCUT2D eigenvalue weighted by molar-refractivity contribution is 8.02. The van der Waals surface area contributed by atoms with Gasteiger partial charge in [-0.05, 0) is 58.9 Å². The third-order valence-electron chi connectivity index (χ3n) is 3.74. The molecule has 1 heterocycles. The van der Waals surface area contributed by atoms with Crippen molar-refractivity contribution < 1.29 is 9.53 Å². The largest absolute Gasteiger partial charge is 0.497 e. The molecule has 0 aliphatic carbocycles. The number of nitrogens with one attached hydrogen (secondary N) is 1. The third-order valence-corrected chi connectivity index (χ3v) is 5.75. The van der Waals surface area contributed by atoms with E-state index in [4.69, 9.17) is 4.74 Å². The summed E-state index contributed by atoms with van der Waals surface area (Å²) in [5.41, 5.74) is 0.911. The van der Waals surface area contributed by atoms with Crippen LogP contribution < -0.4 is 10.1 Å². The van der Waals surface area contributed by atoms with E-state index >= 15 is 0 Å². The molecule has 0 saturated heterocycles. The summed E-state index contributed by atoms with van der Waals surface area (Å²) in [4.78, 5) is 14.6. The maximum absolute atomic E-state index is 12.7. The van der Waals surface area contributed by atoms with E-state index in [0.29, 0.717) is 5.13 Å². The molecule has 1 atom stereocenters. The second-order valence-corrected chi connectivity index (χ2v) is 8.99. The molecule has 0 aliphatic heterocycles. The first-order valence-corrected chi connectivity index (χ1v) is 10.2. The molecule has 0 aliphatic rings. The lowest BCUT2D eigenvalue weighted by Crippen LogP contribution is -2.45. The first-order chi connectivity index (χ1) is 12.3.